The van der Waals surface area contributed by atoms with Crippen LogP contribution in [0.2, 0.25) is 0 Å². The van der Waals surface area contributed by atoms with Crippen LogP contribution in [0.4, 0.5) is 0 Å². The van der Waals surface area contributed by atoms with Crippen molar-refractivity contribution in [1.82, 2.24) is 8.61 Å². The zero-order chi connectivity index (χ0) is 12.0. The molecule has 0 aromatic heterocycles. The van der Waals surface area contributed by atoms with Crippen molar-refractivity contribution < 1.29 is 18.3 Å². The Morgan fingerprint density at radius 3 is 2.50 bits per heavy atom. The summed E-state index contributed by atoms with van der Waals surface area (Å²) in [4.78, 5) is 0. The fraction of sp³-hybridized carbons (Fsp3) is 1.00. The van der Waals surface area contributed by atoms with Crippen molar-refractivity contribution in [1.29, 1.82) is 0 Å². The normalized spacial score (nSPS) is 19.2. The molecule has 0 spiro atoms. The lowest BCUT2D eigenvalue weighted by Crippen LogP contribution is -2.48. The zero-order valence-electron chi connectivity index (χ0n) is 9.63. The summed E-state index contributed by atoms with van der Waals surface area (Å²) in [6.45, 7) is 4.35. The van der Waals surface area contributed by atoms with Crippen LogP contribution in [0.15, 0.2) is 0 Å². The molecule has 16 heavy (non-hydrogen) atoms. The number of morpholine rings is 1. The summed E-state index contributed by atoms with van der Waals surface area (Å²) in [5, 5.41) is 8.73. The molecular formula is C9H20N2O4S. The van der Waals surface area contributed by atoms with E-state index >= 15 is 0 Å². The molecule has 1 heterocycles. The van der Waals surface area contributed by atoms with Gasteiger partial charge < -0.3 is 9.84 Å². The maximum Gasteiger partial charge on any atom is 0.282 e. The second-order valence-corrected chi connectivity index (χ2v) is 5.52. The third-order valence-electron chi connectivity index (χ3n) is 2.54. The van der Waals surface area contributed by atoms with Crippen molar-refractivity contribution in [2.45, 2.75) is 13.3 Å². The van der Waals surface area contributed by atoms with Gasteiger partial charge in [0.15, 0.2) is 0 Å². The van der Waals surface area contributed by atoms with Crippen molar-refractivity contribution in [2.24, 2.45) is 0 Å². The Morgan fingerprint density at radius 1 is 1.38 bits per heavy atom. The number of hydrogen-bond donors (Lipinski definition) is 1. The van der Waals surface area contributed by atoms with E-state index in [-0.39, 0.29) is 6.61 Å². The van der Waals surface area contributed by atoms with E-state index in [0.717, 1.165) is 0 Å². The molecule has 0 saturated carbocycles. The lowest BCUT2D eigenvalue weighted by Gasteiger charge is -2.31. The Labute approximate surface area is 97.0 Å². The molecule has 0 aliphatic carbocycles. The van der Waals surface area contributed by atoms with Gasteiger partial charge in [0.1, 0.15) is 0 Å². The van der Waals surface area contributed by atoms with Gasteiger partial charge in [-0.15, -0.1) is 0 Å². The molecule has 1 aliphatic heterocycles. The SMILES string of the molecule is CCN(CCCO)S(=O)(=O)N1CCOCC1. The minimum Gasteiger partial charge on any atom is -0.396 e. The smallest absolute Gasteiger partial charge is 0.282 e. The minimum absolute atomic E-state index is 0.00906. The third-order valence-corrected chi connectivity index (χ3v) is 4.65. The summed E-state index contributed by atoms with van der Waals surface area (Å²) in [5.74, 6) is 0. The van der Waals surface area contributed by atoms with Crippen LogP contribution in [0.3, 0.4) is 0 Å². The molecule has 7 heteroatoms. The van der Waals surface area contributed by atoms with E-state index in [9.17, 15) is 8.42 Å². The number of ether oxygens (including phenoxy) is 1. The average molecular weight is 252 g/mol. The van der Waals surface area contributed by atoms with E-state index < -0.39 is 10.2 Å². The average Bonchev–Trinajstić information content (AvgIpc) is 2.31. The Morgan fingerprint density at radius 2 is 2.00 bits per heavy atom. The molecule has 1 N–H and O–H groups in total. The number of hydrogen-bond acceptors (Lipinski definition) is 4. The van der Waals surface area contributed by atoms with Gasteiger partial charge in [-0.2, -0.15) is 17.0 Å². The van der Waals surface area contributed by atoms with Crippen LogP contribution in [-0.2, 0) is 14.9 Å². The molecule has 6 nitrogen and oxygen atoms in total. The number of aliphatic hydroxyl groups excluding tert-OH is 1. The van der Waals surface area contributed by atoms with Gasteiger partial charge in [-0.1, -0.05) is 6.92 Å². The van der Waals surface area contributed by atoms with E-state index in [4.69, 9.17) is 9.84 Å². The molecule has 1 fully saturated rings. The largest absolute Gasteiger partial charge is 0.396 e. The second kappa shape index (κ2) is 6.51. The van der Waals surface area contributed by atoms with Gasteiger partial charge in [0.05, 0.1) is 13.2 Å². The molecule has 0 aromatic rings. The fourth-order valence-corrected chi connectivity index (χ4v) is 3.25. The Hall–Kier alpha value is -0.210. The standard InChI is InChI=1S/C9H20N2O4S/c1-2-10(4-3-7-12)16(13,14)11-5-8-15-9-6-11/h12H,2-9H2,1H3. The van der Waals surface area contributed by atoms with Crippen LogP contribution < -0.4 is 0 Å². The van der Waals surface area contributed by atoms with E-state index in [1.807, 2.05) is 0 Å². The first-order valence-corrected chi connectivity index (χ1v) is 6.96. The quantitative estimate of drug-likeness (QED) is 0.676. The lowest BCUT2D eigenvalue weighted by atomic mass is 10.4. The van der Waals surface area contributed by atoms with Gasteiger partial charge in [0.25, 0.3) is 10.2 Å². The van der Waals surface area contributed by atoms with E-state index in [0.29, 0.717) is 45.8 Å². The summed E-state index contributed by atoms with van der Waals surface area (Å²) >= 11 is 0. The predicted octanol–water partition coefficient (Wildman–Crippen LogP) is -0.732. The van der Waals surface area contributed by atoms with Gasteiger partial charge >= 0.3 is 0 Å². The third kappa shape index (κ3) is 3.39. The molecule has 1 aliphatic rings. The Balaban J connectivity index is 2.64. The first-order valence-electron chi connectivity index (χ1n) is 5.56. The fourth-order valence-electron chi connectivity index (χ4n) is 1.62. The highest BCUT2D eigenvalue weighted by Gasteiger charge is 2.29. The summed E-state index contributed by atoms with van der Waals surface area (Å²) in [7, 11) is -3.37. The molecule has 0 amide bonds. The van der Waals surface area contributed by atoms with Gasteiger partial charge in [-0.25, -0.2) is 0 Å². The summed E-state index contributed by atoms with van der Waals surface area (Å²) in [6.07, 6.45) is 0.470. The molecule has 1 saturated heterocycles. The van der Waals surface area contributed by atoms with Crippen molar-refractivity contribution in [3.63, 3.8) is 0 Å². The monoisotopic (exact) mass is 252 g/mol. The molecule has 0 radical (unpaired) electrons. The molecule has 96 valence electrons. The Kier molecular flexibility index (Phi) is 5.63. The molecule has 1 rings (SSSR count). The zero-order valence-corrected chi connectivity index (χ0v) is 10.4. The van der Waals surface area contributed by atoms with Crippen LogP contribution in [0.25, 0.3) is 0 Å². The first-order chi connectivity index (χ1) is 7.62. The van der Waals surface area contributed by atoms with Crippen LogP contribution in [-0.4, -0.2) is 68.1 Å². The Bertz CT molecular complexity index is 288. The number of nitrogens with zero attached hydrogens (tertiary/aromatic N) is 2. The van der Waals surface area contributed by atoms with Crippen molar-refractivity contribution in [3.8, 4) is 0 Å². The van der Waals surface area contributed by atoms with E-state index in [1.54, 1.807) is 6.92 Å². The van der Waals surface area contributed by atoms with Crippen molar-refractivity contribution in [2.75, 3.05) is 46.0 Å². The van der Waals surface area contributed by atoms with Gasteiger partial charge in [-0.05, 0) is 6.42 Å². The van der Waals surface area contributed by atoms with E-state index in [2.05, 4.69) is 0 Å². The van der Waals surface area contributed by atoms with Gasteiger partial charge in [0, 0.05) is 32.8 Å². The summed E-state index contributed by atoms with van der Waals surface area (Å²) in [6, 6.07) is 0. The lowest BCUT2D eigenvalue weighted by molar-refractivity contribution is 0.0701. The molecule has 0 atom stereocenters. The minimum atomic E-state index is -3.37. The van der Waals surface area contributed by atoms with Crippen molar-refractivity contribution >= 4 is 10.2 Å². The van der Waals surface area contributed by atoms with Crippen LogP contribution in [0.1, 0.15) is 13.3 Å². The topological polar surface area (TPSA) is 70.1 Å². The summed E-state index contributed by atoms with van der Waals surface area (Å²) < 4.78 is 32.2. The van der Waals surface area contributed by atoms with E-state index in [1.165, 1.54) is 8.61 Å². The van der Waals surface area contributed by atoms with Crippen LogP contribution >= 0.6 is 0 Å². The number of rotatable bonds is 6. The predicted molar refractivity (Wildman–Crippen MR) is 60.3 cm³/mol. The van der Waals surface area contributed by atoms with Crippen molar-refractivity contribution in [3.05, 3.63) is 0 Å². The first kappa shape index (κ1) is 13.9. The van der Waals surface area contributed by atoms with Crippen LogP contribution in [0.5, 0.6) is 0 Å². The molecule has 0 aromatic carbocycles. The van der Waals surface area contributed by atoms with Crippen LogP contribution in [0, 0.1) is 0 Å². The maximum atomic E-state index is 12.1. The highest BCUT2D eigenvalue weighted by molar-refractivity contribution is 7.86. The molecule has 0 unspecified atom stereocenters. The number of aliphatic hydroxyl groups is 1. The maximum absolute atomic E-state index is 12.1. The highest BCUT2D eigenvalue weighted by Crippen LogP contribution is 2.11. The second-order valence-electron chi connectivity index (χ2n) is 3.59. The molecular weight excluding hydrogens is 232 g/mol. The highest BCUT2D eigenvalue weighted by atomic mass is 32.2. The van der Waals surface area contributed by atoms with Gasteiger partial charge in [-0.3, -0.25) is 0 Å². The summed E-state index contributed by atoms with van der Waals surface area (Å²) in [5.41, 5.74) is 0. The van der Waals surface area contributed by atoms with Gasteiger partial charge in [0.2, 0.25) is 0 Å². The molecule has 0 bridgehead atoms.